The first kappa shape index (κ1) is 26.5. The summed E-state index contributed by atoms with van der Waals surface area (Å²) in [7, 11) is 0. The molecule has 0 aliphatic carbocycles. The van der Waals surface area contributed by atoms with Gasteiger partial charge in [-0.1, -0.05) is 61.7 Å². The van der Waals surface area contributed by atoms with Crippen molar-refractivity contribution in [2.24, 2.45) is 16.8 Å². The minimum atomic E-state index is -0.816. The molecule has 10 heteroatoms. The number of carbonyl (C=O) groups excluding carboxylic acids is 3. The molecule has 2 aromatic rings. The number of nitrogens with two attached hydrogens (primary N) is 1. The molecule has 2 unspecified atom stereocenters. The van der Waals surface area contributed by atoms with Crippen LogP contribution in [0.5, 0.6) is 0 Å². The van der Waals surface area contributed by atoms with Crippen LogP contribution >= 0.6 is 11.3 Å². The summed E-state index contributed by atoms with van der Waals surface area (Å²) in [5, 5.41) is 17.3. The number of hydrogen-bond donors (Lipinski definition) is 4. The van der Waals surface area contributed by atoms with Crippen molar-refractivity contribution >= 4 is 34.9 Å². The summed E-state index contributed by atoms with van der Waals surface area (Å²) in [6, 6.07) is 11.0. The van der Waals surface area contributed by atoms with E-state index in [0.29, 0.717) is 16.9 Å². The van der Waals surface area contributed by atoms with E-state index in [1.807, 2.05) is 32.0 Å². The third-order valence-corrected chi connectivity index (χ3v) is 6.93. The number of benzene rings is 1. The van der Waals surface area contributed by atoms with E-state index in [4.69, 9.17) is 10.9 Å². The van der Waals surface area contributed by atoms with Gasteiger partial charge in [-0.15, -0.1) is 11.3 Å². The monoisotopic (exact) mass is 507 g/mol. The Morgan fingerprint density at radius 1 is 1.25 bits per heavy atom. The summed E-state index contributed by atoms with van der Waals surface area (Å²) in [5.74, 6) is 3.95. The third kappa shape index (κ3) is 6.73. The van der Waals surface area contributed by atoms with Gasteiger partial charge in [0.1, 0.15) is 12.1 Å². The minimum absolute atomic E-state index is 0.000309. The third-order valence-electron chi connectivity index (χ3n) is 5.83. The molecule has 1 aromatic carbocycles. The van der Waals surface area contributed by atoms with Crippen LogP contribution in [0.3, 0.4) is 0 Å². The summed E-state index contributed by atoms with van der Waals surface area (Å²) < 4.78 is 0. The standard InChI is InChI=1S/C26H29N5O4S/c1-3-17(2)23(29-22(32)14-11-18-8-5-4-6-9-18)26(34)31-15-7-10-20(31)25(33)28-16-19-12-13-21(36-19)24(27)30-35/h4-10,12-13,17,20,23,35H,3,15-16H2,1-2H3,(H2,27,30)(H,28,33)(H,29,32)/t17?,20?,23-/m0/s1. The van der Waals surface area contributed by atoms with Gasteiger partial charge < -0.3 is 26.5 Å². The Bertz CT molecular complexity index is 1210. The fraction of sp³-hybridized carbons (Fsp3) is 0.308. The largest absolute Gasteiger partial charge is 0.409 e. The highest BCUT2D eigenvalue weighted by Gasteiger charge is 2.36. The second-order valence-electron chi connectivity index (χ2n) is 8.29. The molecule has 0 fully saturated rings. The maximum absolute atomic E-state index is 13.5. The van der Waals surface area contributed by atoms with Crippen molar-refractivity contribution in [1.29, 1.82) is 0 Å². The lowest BCUT2D eigenvalue weighted by atomic mass is 9.97. The summed E-state index contributed by atoms with van der Waals surface area (Å²) in [4.78, 5) is 41.8. The number of amidine groups is 1. The highest BCUT2D eigenvalue weighted by atomic mass is 32.1. The Morgan fingerprint density at radius 2 is 2.00 bits per heavy atom. The van der Waals surface area contributed by atoms with Crippen molar-refractivity contribution in [2.45, 2.75) is 38.9 Å². The first-order valence-electron chi connectivity index (χ1n) is 11.5. The van der Waals surface area contributed by atoms with E-state index in [1.54, 1.807) is 36.4 Å². The van der Waals surface area contributed by atoms with Crippen LogP contribution in [0.4, 0.5) is 0 Å². The highest BCUT2D eigenvalue weighted by Crippen LogP contribution is 2.19. The molecular weight excluding hydrogens is 478 g/mol. The molecule has 9 nitrogen and oxygen atoms in total. The van der Waals surface area contributed by atoms with Crippen LogP contribution in [0.1, 0.15) is 35.6 Å². The quantitative estimate of drug-likeness (QED) is 0.108. The van der Waals surface area contributed by atoms with Gasteiger partial charge in [0, 0.05) is 22.9 Å². The second-order valence-corrected chi connectivity index (χ2v) is 9.45. The van der Waals surface area contributed by atoms with Gasteiger partial charge in [-0.05, 0) is 30.2 Å². The predicted molar refractivity (Wildman–Crippen MR) is 138 cm³/mol. The lowest BCUT2D eigenvalue weighted by Crippen LogP contribution is -2.55. The van der Waals surface area contributed by atoms with Crippen LogP contribution in [-0.4, -0.2) is 52.3 Å². The fourth-order valence-electron chi connectivity index (χ4n) is 3.60. The Kier molecular flexibility index (Phi) is 9.25. The van der Waals surface area contributed by atoms with Crippen LogP contribution in [0, 0.1) is 17.8 Å². The molecule has 5 N–H and O–H groups in total. The van der Waals surface area contributed by atoms with Gasteiger partial charge in [0.2, 0.25) is 11.8 Å². The molecule has 0 spiro atoms. The normalized spacial score (nSPS) is 16.6. The van der Waals surface area contributed by atoms with Crippen molar-refractivity contribution in [3.63, 3.8) is 0 Å². The van der Waals surface area contributed by atoms with Crippen molar-refractivity contribution in [1.82, 2.24) is 15.5 Å². The average molecular weight is 508 g/mol. The molecule has 36 heavy (non-hydrogen) atoms. The lowest BCUT2D eigenvalue weighted by Gasteiger charge is -2.30. The van der Waals surface area contributed by atoms with Crippen LogP contribution in [0.2, 0.25) is 0 Å². The maximum atomic E-state index is 13.5. The summed E-state index contributed by atoms with van der Waals surface area (Å²) in [5.41, 5.74) is 6.29. The molecule has 3 amide bonds. The first-order valence-corrected chi connectivity index (χ1v) is 12.3. The molecule has 0 radical (unpaired) electrons. The second kappa shape index (κ2) is 12.6. The van der Waals surface area contributed by atoms with E-state index in [-0.39, 0.29) is 36.7 Å². The number of amides is 3. The fourth-order valence-corrected chi connectivity index (χ4v) is 4.45. The number of nitrogens with one attached hydrogen (secondary N) is 2. The topological polar surface area (TPSA) is 137 Å². The first-order chi connectivity index (χ1) is 17.3. The zero-order valence-corrected chi connectivity index (χ0v) is 20.9. The predicted octanol–water partition coefficient (Wildman–Crippen LogP) is 1.81. The van der Waals surface area contributed by atoms with Gasteiger partial charge in [-0.2, -0.15) is 0 Å². The van der Waals surface area contributed by atoms with Crippen LogP contribution in [-0.2, 0) is 20.9 Å². The molecular formula is C26H29N5O4S. The van der Waals surface area contributed by atoms with E-state index in [0.717, 1.165) is 4.88 Å². The van der Waals surface area contributed by atoms with Crippen molar-refractivity contribution in [3.05, 3.63) is 69.9 Å². The molecule has 1 aromatic heterocycles. The average Bonchev–Trinajstić information content (AvgIpc) is 3.59. The van der Waals surface area contributed by atoms with E-state index in [2.05, 4.69) is 27.6 Å². The van der Waals surface area contributed by atoms with E-state index < -0.39 is 18.0 Å². The molecule has 3 atom stereocenters. The Labute approximate surface area is 214 Å². The van der Waals surface area contributed by atoms with Crippen LogP contribution in [0.15, 0.2) is 59.8 Å². The van der Waals surface area contributed by atoms with Gasteiger partial charge in [0.05, 0.1) is 11.4 Å². The smallest absolute Gasteiger partial charge is 0.296 e. The van der Waals surface area contributed by atoms with E-state index in [9.17, 15) is 14.4 Å². The maximum Gasteiger partial charge on any atom is 0.296 e. The van der Waals surface area contributed by atoms with E-state index in [1.165, 1.54) is 16.2 Å². The molecule has 3 rings (SSSR count). The summed E-state index contributed by atoms with van der Waals surface area (Å²) >= 11 is 1.29. The van der Waals surface area contributed by atoms with Gasteiger partial charge >= 0.3 is 0 Å². The Hall–Kier alpha value is -4.10. The van der Waals surface area contributed by atoms with E-state index >= 15 is 0 Å². The number of rotatable bonds is 8. The zero-order valence-electron chi connectivity index (χ0n) is 20.1. The highest BCUT2D eigenvalue weighted by molar-refractivity contribution is 7.14. The molecule has 1 aliphatic heterocycles. The Morgan fingerprint density at radius 3 is 2.69 bits per heavy atom. The van der Waals surface area contributed by atoms with Crippen LogP contribution in [0.25, 0.3) is 0 Å². The SMILES string of the molecule is CCC(C)[C@H](NC(=O)C#Cc1ccccc1)C(=O)N1CC=CC1C(=O)NCc1ccc(/C(N)=N/O)s1. The Balaban J connectivity index is 1.65. The number of oxime groups is 1. The van der Waals surface area contributed by atoms with Crippen molar-refractivity contribution in [3.8, 4) is 11.8 Å². The van der Waals surface area contributed by atoms with Gasteiger partial charge in [0.15, 0.2) is 5.84 Å². The van der Waals surface area contributed by atoms with Crippen molar-refractivity contribution in [2.75, 3.05) is 6.54 Å². The number of carbonyl (C=O) groups is 3. The number of nitrogens with zero attached hydrogens (tertiary/aromatic N) is 2. The molecule has 0 bridgehead atoms. The number of hydrogen-bond acceptors (Lipinski definition) is 6. The number of thiophene rings is 1. The molecule has 188 valence electrons. The lowest BCUT2D eigenvalue weighted by molar-refractivity contribution is -0.141. The summed E-state index contributed by atoms with van der Waals surface area (Å²) in [6.45, 7) is 4.31. The minimum Gasteiger partial charge on any atom is -0.409 e. The molecule has 1 aliphatic rings. The van der Waals surface area contributed by atoms with Gasteiger partial charge in [0.25, 0.3) is 5.91 Å². The van der Waals surface area contributed by atoms with Gasteiger partial charge in [-0.25, -0.2) is 0 Å². The molecule has 2 heterocycles. The molecule has 0 saturated carbocycles. The van der Waals surface area contributed by atoms with Gasteiger partial charge in [-0.3, -0.25) is 14.4 Å². The molecule has 0 saturated heterocycles. The zero-order chi connectivity index (χ0) is 26.1. The van der Waals surface area contributed by atoms with Crippen LogP contribution < -0.4 is 16.4 Å². The van der Waals surface area contributed by atoms with Crippen molar-refractivity contribution < 1.29 is 19.6 Å². The summed E-state index contributed by atoms with van der Waals surface area (Å²) in [6.07, 6.45) is 4.09.